The van der Waals surface area contributed by atoms with Crippen molar-refractivity contribution < 1.29 is 14.3 Å². The molecule has 1 aromatic carbocycles. The molecule has 3 rings (SSSR count). The van der Waals surface area contributed by atoms with Gasteiger partial charge >= 0.3 is 0 Å². The molecule has 1 aromatic rings. The summed E-state index contributed by atoms with van der Waals surface area (Å²) in [5.74, 6) is 0.249. The second-order valence-corrected chi connectivity index (χ2v) is 5.66. The average molecular weight is 288 g/mol. The van der Waals surface area contributed by atoms with Gasteiger partial charge in [0, 0.05) is 37.7 Å². The first kappa shape index (κ1) is 14.1. The van der Waals surface area contributed by atoms with Gasteiger partial charge in [-0.2, -0.15) is 0 Å². The second-order valence-electron chi connectivity index (χ2n) is 5.66. The summed E-state index contributed by atoms with van der Waals surface area (Å²) in [6, 6.07) is 9.66. The largest absolute Gasteiger partial charge is 0.368 e. The molecule has 2 atom stereocenters. The zero-order valence-electron chi connectivity index (χ0n) is 12.0. The Balaban J connectivity index is 1.52. The Hall–Kier alpha value is -1.88. The number of para-hydroxylation sites is 1. The first-order chi connectivity index (χ1) is 10.2. The molecular weight excluding hydrogens is 268 g/mol. The maximum atomic E-state index is 12.1. The Morgan fingerprint density at radius 3 is 2.86 bits per heavy atom. The van der Waals surface area contributed by atoms with Gasteiger partial charge in [-0.1, -0.05) is 18.2 Å². The fraction of sp³-hybridized carbons (Fsp3) is 0.500. The molecule has 2 amide bonds. The molecule has 5 nitrogen and oxygen atoms in total. The monoisotopic (exact) mass is 288 g/mol. The van der Waals surface area contributed by atoms with Crippen molar-refractivity contribution in [1.29, 1.82) is 0 Å². The number of anilines is 1. The Bertz CT molecular complexity index is 512. The lowest BCUT2D eigenvalue weighted by molar-refractivity contribution is -0.130. The topological polar surface area (TPSA) is 58.6 Å². The number of hydrogen-bond acceptors (Lipinski definition) is 3. The summed E-state index contributed by atoms with van der Waals surface area (Å²) in [4.78, 5) is 25.8. The van der Waals surface area contributed by atoms with Crippen LogP contribution in [0.2, 0.25) is 0 Å². The maximum Gasteiger partial charge on any atom is 0.249 e. The molecule has 2 saturated heterocycles. The van der Waals surface area contributed by atoms with Crippen molar-refractivity contribution in [3.8, 4) is 0 Å². The van der Waals surface area contributed by atoms with Crippen LogP contribution in [0.1, 0.15) is 19.3 Å². The van der Waals surface area contributed by atoms with Crippen LogP contribution in [-0.2, 0) is 14.3 Å². The molecule has 2 unspecified atom stereocenters. The van der Waals surface area contributed by atoms with Crippen molar-refractivity contribution in [2.45, 2.75) is 25.4 Å². The lowest BCUT2D eigenvalue weighted by Gasteiger charge is -2.17. The van der Waals surface area contributed by atoms with Crippen molar-refractivity contribution in [3.63, 3.8) is 0 Å². The highest BCUT2D eigenvalue weighted by Gasteiger charge is 2.31. The zero-order chi connectivity index (χ0) is 14.7. The van der Waals surface area contributed by atoms with E-state index >= 15 is 0 Å². The van der Waals surface area contributed by atoms with Crippen molar-refractivity contribution >= 4 is 17.5 Å². The summed E-state index contributed by atoms with van der Waals surface area (Å²) in [6.45, 7) is 1.87. The summed E-state index contributed by atoms with van der Waals surface area (Å²) in [7, 11) is 0. The fourth-order valence-corrected chi connectivity index (χ4v) is 2.92. The first-order valence-electron chi connectivity index (χ1n) is 7.49. The van der Waals surface area contributed by atoms with Crippen LogP contribution in [0.15, 0.2) is 30.3 Å². The lowest BCUT2D eigenvalue weighted by atomic mass is 10.1. The van der Waals surface area contributed by atoms with Crippen LogP contribution in [0.4, 0.5) is 5.69 Å². The molecule has 0 aromatic heterocycles. The highest BCUT2D eigenvalue weighted by Crippen LogP contribution is 2.24. The van der Waals surface area contributed by atoms with Crippen LogP contribution in [0.3, 0.4) is 0 Å². The van der Waals surface area contributed by atoms with Crippen LogP contribution in [0.25, 0.3) is 0 Å². The average Bonchev–Trinajstić information content (AvgIpc) is 3.15. The minimum atomic E-state index is -0.299. The lowest BCUT2D eigenvalue weighted by Crippen LogP contribution is -2.37. The number of ether oxygens (including phenoxy) is 1. The smallest absolute Gasteiger partial charge is 0.249 e. The number of benzene rings is 1. The molecule has 5 heteroatoms. The standard InChI is InChI=1S/C16H20N2O3/c19-15-9-12(10-17-16(20)14-7-4-8-21-14)11-18(15)13-5-2-1-3-6-13/h1-3,5-6,12,14H,4,7-11H2,(H,17,20). The Morgan fingerprint density at radius 1 is 1.33 bits per heavy atom. The number of carbonyl (C=O) groups is 2. The van der Waals surface area contributed by atoms with E-state index in [2.05, 4.69) is 5.32 Å². The summed E-state index contributed by atoms with van der Waals surface area (Å²) < 4.78 is 5.35. The van der Waals surface area contributed by atoms with E-state index in [1.807, 2.05) is 30.3 Å². The molecule has 0 saturated carbocycles. The van der Waals surface area contributed by atoms with Crippen molar-refractivity contribution in [1.82, 2.24) is 5.32 Å². The van der Waals surface area contributed by atoms with Gasteiger partial charge in [0.1, 0.15) is 6.10 Å². The first-order valence-corrected chi connectivity index (χ1v) is 7.49. The molecule has 2 heterocycles. The SMILES string of the molecule is O=C(NCC1CC(=O)N(c2ccccc2)C1)C1CCCO1. The van der Waals surface area contributed by atoms with E-state index in [0.29, 0.717) is 26.1 Å². The van der Waals surface area contributed by atoms with E-state index in [0.717, 1.165) is 18.5 Å². The van der Waals surface area contributed by atoms with E-state index in [9.17, 15) is 9.59 Å². The van der Waals surface area contributed by atoms with E-state index in [1.54, 1.807) is 4.90 Å². The predicted octanol–water partition coefficient (Wildman–Crippen LogP) is 1.33. The number of amides is 2. The third-order valence-corrected chi connectivity index (χ3v) is 4.06. The minimum Gasteiger partial charge on any atom is -0.368 e. The van der Waals surface area contributed by atoms with Gasteiger partial charge in [-0.25, -0.2) is 0 Å². The molecule has 112 valence electrons. The highest BCUT2D eigenvalue weighted by molar-refractivity contribution is 5.95. The van der Waals surface area contributed by atoms with Crippen molar-refractivity contribution in [3.05, 3.63) is 30.3 Å². The normalized spacial score (nSPS) is 25.3. The van der Waals surface area contributed by atoms with Crippen LogP contribution in [0, 0.1) is 5.92 Å². The Kier molecular flexibility index (Phi) is 4.20. The van der Waals surface area contributed by atoms with Gasteiger partial charge in [-0.15, -0.1) is 0 Å². The van der Waals surface area contributed by atoms with Crippen LogP contribution in [0.5, 0.6) is 0 Å². The molecule has 2 fully saturated rings. The van der Waals surface area contributed by atoms with Crippen molar-refractivity contribution in [2.24, 2.45) is 5.92 Å². The van der Waals surface area contributed by atoms with Gasteiger partial charge in [0.2, 0.25) is 11.8 Å². The van der Waals surface area contributed by atoms with Crippen LogP contribution in [-0.4, -0.2) is 37.6 Å². The van der Waals surface area contributed by atoms with Gasteiger partial charge < -0.3 is 15.0 Å². The number of hydrogen-bond donors (Lipinski definition) is 1. The molecule has 0 radical (unpaired) electrons. The van der Waals surface area contributed by atoms with Crippen molar-refractivity contribution in [2.75, 3.05) is 24.6 Å². The Labute approximate surface area is 124 Å². The summed E-state index contributed by atoms with van der Waals surface area (Å²) in [5, 5.41) is 2.92. The van der Waals surface area contributed by atoms with E-state index < -0.39 is 0 Å². The molecule has 0 spiro atoms. The van der Waals surface area contributed by atoms with Gasteiger partial charge in [0.25, 0.3) is 0 Å². The molecule has 21 heavy (non-hydrogen) atoms. The van der Waals surface area contributed by atoms with Gasteiger partial charge in [0.15, 0.2) is 0 Å². The summed E-state index contributed by atoms with van der Waals surface area (Å²) in [5.41, 5.74) is 0.926. The third-order valence-electron chi connectivity index (χ3n) is 4.06. The molecule has 0 aliphatic carbocycles. The number of rotatable bonds is 4. The Morgan fingerprint density at radius 2 is 2.14 bits per heavy atom. The van der Waals surface area contributed by atoms with Gasteiger partial charge in [-0.05, 0) is 25.0 Å². The number of nitrogens with zero attached hydrogens (tertiary/aromatic N) is 1. The van der Waals surface area contributed by atoms with E-state index in [1.165, 1.54) is 0 Å². The zero-order valence-corrected chi connectivity index (χ0v) is 12.0. The fourth-order valence-electron chi connectivity index (χ4n) is 2.92. The molecule has 0 bridgehead atoms. The van der Waals surface area contributed by atoms with Gasteiger partial charge in [-0.3, -0.25) is 9.59 Å². The molecule has 2 aliphatic rings. The molecular formula is C16H20N2O3. The third kappa shape index (κ3) is 3.24. The van der Waals surface area contributed by atoms with E-state index in [4.69, 9.17) is 4.74 Å². The van der Waals surface area contributed by atoms with Crippen LogP contribution < -0.4 is 10.2 Å². The molecule has 2 aliphatic heterocycles. The highest BCUT2D eigenvalue weighted by atomic mass is 16.5. The molecule has 1 N–H and O–H groups in total. The van der Waals surface area contributed by atoms with Gasteiger partial charge in [0.05, 0.1) is 0 Å². The summed E-state index contributed by atoms with van der Waals surface area (Å²) in [6.07, 6.45) is 1.93. The van der Waals surface area contributed by atoms with E-state index in [-0.39, 0.29) is 23.8 Å². The minimum absolute atomic E-state index is 0.0434. The summed E-state index contributed by atoms with van der Waals surface area (Å²) >= 11 is 0. The predicted molar refractivity (Wildman–Crippen MR) is 78.9 cm³/mol. The maximum absolute atomic E-state index is 12.1. The number of carbonyl (C=O) groups excluding carboxylic acids is 2. The quantitative estimate of drug-likeness (QED) is 0.909. The van der Waals surface area contributed by atoms with Crippen LogP contribution >= 0.6 is 0 Å². The number of nitrogens with one attached hydrogen (secondary N) is 1. The second kappa shape index (κ2) is 6.26.